The molecule has 1 aromatic carbocycles. The third-order valence-corrected chi connectivity index (χ3v) is 6.86. The lowest BCUT2D eigenvalue weighted by Gasteiger charge is -2.36. The number of nitrogens with zero attached hydrogens (tertiary/aromatic N) is 2. The first-order valence-corrected chi connectivity index (χ1v) is 12.3. The number of nitrogens with two attached hydrogens (primary N) is 1. The highest BCUT2D eigenvalue weighted by molar-refractivity contribution is 6.21. The summed E-state index contributed by atoms with van der Waals surface area (Å²) in [5.41, 5.74) is 4.91. The molecule has 2 amide bonds. The molecule has 0 saturated carbocycles. The standard InChI is InChI=1S/C26H34N4O9/c1-6-39-26(38)28-13-9-14(29(2)3)12-7-11-8-17(33)21(30(4)5)24(36)20(25(27)37)16(32)10-15(31)18(11)23(35)19(12)22(13)34/h9,11,17,21,31,33-34,36H,6-8,10H2,1-5H3,(H2,27,37)(H,28,38)/b18-15-,24-20-/t11-,17-,21-/m0/s1. The van der Waals surface area contributed by atoms with Crippen molar-refractivity contribution in [2.75, 3.05) is 45.0 Å². The van der Waals surface area contributed by atoms with Crippen molar-refractivity contribution in [3.05, 3.63) is 39.9 Å². The number of rotatable bonds is 5. The molecular weight excluding hydrogens is 512 g/mol. The molecule has 39 heavy (non-hydrogen) atoms. The maximum Gasteiger partial charge on any atom is 0.411 e. The Morgan fingerprint density at radius 2 is 1.79 bits per heavy atom. The van der Waals surface area contributed by atoms with Crippen LogP contribution in [0.3, 0.4) is 0 Å². The van der Waals surface area contributed by atoms with Crippen LogP contribution in [0.4, 0.5) is 16.2 Å². The Bertz CT molecular complexity index is 1280. The summed E-state index contributed by atoms with van der Waals surface area (Å²) in [6.07, 6.45) is -3.18. The fraction of sp³-hybridized carbons (Fsp3) is 0.462. The van der Waals surface area contributed by atoms with Gasteiger partial charge < -0.3 is 35.8 Å². The molecule has 212 valence electrons. The number of benzene rings is 1. The zero-order valence-corrected chi connectivity index (χ0v) is 22.4. The van der Waals surface area contributed by atoms with Gasteiger partial charge >= 0.3 is 6.09 Å². The maximum absolute atomic E-state index is 13.9. The van der Waals surface area contributed by atoms with Gasteiger partial charge in [0.15, 0.2) is 17.3 Å². The van der Waals surface area contributed by atoms with Crippen LogP contribution in [-0.2, 0) is 20.7 Å². The molecule has 0 unspecified atom stereocenters. The lowest BCUT2D eigenvalue weighted by atomic mass is 9.73. The van der Waals surface area contributed by atoms with Gasteiger partial charge in [0.05, 0.1) is 36.4 Å². The molecule has 13 nitrogen and oxygen atoms in total. The predicted molar refractivity (Wildman–Crippen MR) is 141 cm³/mol. The van der Waals surface area contributed by atoms with Gasteiger partial charge in [-0.25, -0.2) is 4.79 Å². The molecule has 0 saturated heterocycles. The number of allylic oxidation sites excluding steroid dienone is 2. The minimum Gasteiger partial charge on any atom is -0.511 e. The van der Waals surface area contributed by atoms with Crippen molar-refractivity contribution in [2.45, 2.75) is 38.3 Å². The Hall–Kier alpha value is -4.10. The number of primary amides is 1. The lowest BCUT2D eigenvalue weighted by Crippen LogP contribution is -2.45. The molecule has 0 aliphatic heterocycles. The second-order valence-corrected chi connectivity index (χ2v) is 9.91. The zero-order valence-electron chi connectivity index (χ0n) is 22.4. The number of carbonyl (C=O) groups is 4. The van der Waals surface area contributed by atoms with Crippen LogP contribution in [0.1, 0.15) is 35.7 Å². The molecule has 2 aliphatic rings. The number of phenolic OH excluding ortho intramolecular Hbond substituents is 1. The summed E-state index contributed by atoms with van der Waals surface area (Å²) in [7, 11) is 6.44. The van der Waals surface area contributed by atoms with Crippen LogP contribution in [0, 0.1) is 5.92 Å². The van der Waals surface area contributed by atoms with E-state index in [1.54, 1.807) is 25.9 Å². The smallest absolute Gasteiger partial charge is 0.411 e. The highest BCUT2D eigenvalue weighted by Crippen LogP contribution is 2.46. The fourth-order valence-corrected chi connectivity index (χ4v) is 5.24. The molecule has 0 radical (unpaired) electrons. The number of phenols is 1. The first-order chi connectivity index (χ1) is 18.2. The second-order valence-electron chi connectivity index (χ2n) is 9.91. The molecule has 0 fully saturated rings. The maximum atomic E-state index is 13.9. The van der Waals surface area contributed by atoms with E-state index in [2.05, 4.69) is 5.32 Å². The summed E-state index contributed by atoms with van der Waals surface area (Å²) in [6.45, 7) is 1.67. The van der Waals surface area contributed by atoms with Gasteiger partial charge in [-0.05, 0) is 51.4 Å². The third kappa shape index (κ3) is 5.54. The van der Waals surface area contributed by atoms with Gasteiger partial charge in [-0.1, -0.05) is 0 Å². The fourth-order valence-electron chi connectivity index (χ4n) is 5.24. The molecule has 7 N–H and O–H groups in total. The average Bonchev–Trinajstić information content (AvgIpc) is 2.79. The summed E-state index contributed by atoms with van der Waals surface area (Å²) in [5.74, 6) is -5.92. The van der Waals surface area contributed by atoms with Crippen LogP contribution in [0.2, 0.25) is 0 Å². The van der Waals surface area contributed by atoms with Crippen molar-refractivity contribution in [3.63, 3.8) is 0 Å². The molecule has 0 aromatic heterocycles. The van der Waals surface area contributed by atoms with E-state index in [4.69, 9.17) is 10.5 Å². The predicted octanol–water partition coefficient (Wildman–Crippen LogP) is 1.15. The van der Waals surface area contributed by atoms with E-state index < -0.39 is 70.9 Å². The number of hydrogen-bond donors (Lipinski definition) is 6. The van der Waals surface area contributed by atoms with Crippen molar-refractivity contribution < 1.29 is 44.3 Å². The number of Topliss-reactive ketones (excluding diaryl/α,β-unsaturated/α-hetero) is 2. The van der Waals surface area contributed by atoms with Gasteiger partial charge in [0.25, 0.3) is 5.91 Å². The Kier molecular flexibility index (Phi) is 8.56. The normalized spacial score (nSPS) is 25.6. The van der Waals surface area contributed by atoms with Crippen molar-refractivity contribution >= 4 is 34.9 Å². The van der Waals surface area contributed by atoms with Gasteiger partial charge in [0.1, 0.15) is 17.1 Å². The minimum atomic E-state index is -1.40. The first kappa shape index (κ1) is 29.5. The first-order valence-electron chi connectivity index (χ1n) is 12.3. The van der Waals surface area contributed by atoms with Crippen LogP contribution in [0.15, 0.2) is 28.7 Å². The highest BCUT2D eigenvalue weighted by Gasteiger charge is 2.42. The Balaban J connectivity index is 2.26. The summed E-state index contributed by atoms with van der Waals surface area (Å²) < 4.78 is 4.88. The number of aliphatic hydroxyl groups excluding tert-OH is 3. The Labute approximate surface area is 225 Å². The summed E-state index contributed by atoms with van der Waals surface area (Å²) >= 11 is 0. The van der Waals surface area contributed by atoms with E-state index in [1.807, 2.05) is 0 Å². The number of anilines is 2. The van der Waals surface area contributed by atoms with Crippen molar-refractivity contribution in [2.24, 2.45) is 11.7 Å². The molecule has 3 atom stereocenters. The number of amides is 2. The topological polar surface area (TPSA) is 203 Å². The van der Waals surface area contributed by atoms with Crippen LogP contribution in [-0.4, -0.2) is 95.8 Å². The number of carbonyl (C=O) groups excluding carboxylic acids is 4. The van der Waals surface area contributed by atoms with Crippen LogP contribution < -0.4 is 16.0 Å². The third-order valence-electron chi connectivity index (χ3n) is 6.86. The number of fused-ring (bicyclic) bond motifs is 2. The SMILES string of the molecule is CCOC(=O)Nc1cc(N(C)C)c2c(c1O)C(=O)/C1=C(\O)CC(=O)/C(C(N)=O)=C(/O)[C@@H](N(C)C)[C@@H](O)C[C@@H]1C2. The molecule has 1 aromatic rings. The van der Waals surface area contributed by atoms with E-state index in [9.17, 15) is 39.6 Å². The molecule has 0 spiro atoms. The van der Waals surface area contributed by atoms with Gasteiger partial charge in [0, 0.05) is 25.4 Å². The van der Waals surface area contributed by atoms with E-state index in [0.29, 0.717) is 11.3 Å². The molecular formula is C26H34N4O9. The van der Waals surface area contributed by atoms with Crippen molar-refractivity contribution in [1.82, 2.24) is 4.90 Å². The van der Waals surface area contributed by atoms with Crippen molar-refractivity contribution in [3.8, 4) is 5.75 Å². The minimum absolute atomic E-state index is 0.0553. The quantitative estimate of drug-likeness (QED) is 0.228. The summed E-state index contributed by atoms with van der Waals surface area (Å²) in [6, 6.07) is 0.260. The summed E-state index contributed by atoms with van der Waals surface area (Å²) in [5, 5.41) is 46.5. The monoisotopic (exact) mass is 546 g/mol. The van der Waals surface area contributed by atoms with Crippen LogP contribution >= 0.6 is 0 Å². The number of ether oxygens (including phenoxy) is 1. The van der Waals surface area contributed by atoms with E-state index in [0.717, 1.165) is 0 Å². The van der Waals surface area contributed by atoms with Gasteiger partial charge in [0.2, 0.25) is 0 Å². The van der Waals surface area contributed by atoms with Gasteiger partial charge in [-0.2, -0.15) is 0 Å². The number of ketones is 2. The lowest BCUT2D eigenvalue weighted by molar-refractivity contribution is -0.121. The largest absolute Gasteiger partial charge is 0.511 e. The van der Waals surface area contributed by atoms with E-state index in [-0.39, 0.29) is 36.3 Å². The number of nitrogens with one attached hydrogen (secondary N) is 1. The van der Waals surface area contributed by atoms with E-state index >= 15 is 0 Å². The Morgan fingerprint density at radius 1 is 1.15 bits per heavy atom. The Morgan fingerprint density at radius 3 is 2.33 bits per heavy atom. The molecule has 0 bridgehead atoms. The molecule has 0 heterocycles. The van der Waals surface area contributed by atoms with Crippen LogP contribution in [0.25, 0.3) is 0 Å². The number of hydrogen-bond acceptors (Lipinski definition) is 11. The van der Waals surface area contributed by atoms with E-state index in [1.165, 1.54) is 25.1 Å². The second kappa shape index (κ2) is 11.3. The number of aliphatic hydroxyl groups is 3. The van der Waals surface area contributed by atoms with Gasteiger partial charge in [-0.15, -0.1) is 0 Å². The van der Waals surface area contributed by atoms with Gasteiger partial charge in [-0.3, -0.25) is 24.6 Å². The van der Waals surface area contributed by atoms with Crippen LogP contribution in [0.5, 0.6) is 5.75 Å². The average molecular weight is 547 g/mol. The zero-order chi connectivity index (χ0) is 29.3. The number of aromatic hydroxyl groups is 1. The molecule has 3 rings (SSSR count). The molecule has 13 heteroatoms. The summed E-state index contributed by atoms with van der Waals surface area (Å²) in [4.78, 5) is 54.1. The van der Waals surface area contributed by atoms with Crippen molar-refractivity contribution in [1.29, 1.82) is 0 Å². The highest BCUT2D eigenvalue weighted by atomic mass is 16.5. The molecule has 2 aliphatic carbocycles. The number of likely N-dealkylation sites (N-methyl/N-ethyl adjacent to an activating group) is 1.